The fourth-order valence-electron chi connectivity index (χ4n) is 9.76. The minimum atomic E-state index is -1.28. The van der Waals surface area contributed by atoms with Gasteiger partial charge in [0.05, 0.1) is 65.8 Å². The summed E-state index contributed by atoms with van der Waals surface area (Å²) in [4.78, 5) is 46.9. The third-order valence-corrected chi connectivity index (χ3v) is 13.5. The molecule has 1 saturated carbocycles. The predicted molar refractivity (Wildman–Crippen MR) is 242 cm³/mol. The van der Waals surface area contributed by atoms with Gasteiger partial charge in [0.25, 0.3) is 0 Å². The van der Waals surface area contributed by atoms with Gasteiger partial charge in [0.2, 0.25) is 18.2 Å². The van der Waals surface area contributed by atoms with E-state index in [2.05, 4.69) is 20.3 Å². The van der Waals surface area contributed by atoms with E-state index in [1.54, 1.807) is 24.4 Å². The number of aliphatic hydroxyl groups excluding tert-OH is 1. The SMILES string of the molecule is CCCN(Cc1ncc(-c2ccc3c(c2)c(F)c2n3C(C3CCC(OC)CC3)Oc3cc(-c4cnc(C5CCCN5C(=O)C(N)C(C)C)[nH]4)ccc3-2)[nH]1)C(=O)C(NC(O)OC)C(C)C. The number of methoxy groups -OCH3 is 2. The Kier molecular flexibility index (Phi) is 13.6. The number of ether oxygens (including phenoxy) is 3. The zero-order chi connectivity index (χ0) is 45.4. The number of H-pyrrole nitrogens is 2. The first-order valence-corrected chi connectivity index (χ1v) is 22.9. The van der Waals surface area contributed by atoms with E-state index in [1.165, 1.54) is 7.11 Å². The van der Waals surface area contributed by atoms with Crippen molar-refractivity contribution < 1.29 is 33.3 Å². The number of aromatic amines is 2. The molecule has 2 fully saturated rings. The number of fused-ring (bicyclic) bond motifs is 5. The van der Waals surface area contributed by atoms with E-state index in [-0.39, 0.29) is 54.1 Å². The van der Waals surface area contributed by atoms with Gasteiger partial charge < -0.3 is 49.4 Å². The molecule has 3 aliphatic rings. The van der Waals surface area contributed by atoms with E-state index in [1.807, 2.05) is 80.5 Å². The van der Waals surface area contributed by atoms with Crippen molar-refractivity contribution in [2.75, 3.05) is 27.3 Å². The Bertz CT molecular complexity index is 2440. The van der Waals surface area contributed by atoms with Crippen molar-refractivity contribution in [1.82, 2.24) is 39.6 Å². The number of amides is 2. The highest BCUT2D eigenvalue weighted by Crippen LogP contribution is 2.50. The average Bonchev–Trinajstić information content (AvgIpc) is 4.14. The molecular formula is C48H64FN9O6. The van der Waals surface area contributed by atoms with Crippen LogP contribution in [0.15, 0.2) is 48.8 Å². The highest BCUT2D eigenvalue weighted by Gasteiger charge is 2.39. The van der Waals surface area contributed by atoms with E-state index in [0.29, 0.717) is 47.0 Å². The molecule has 64 heavy (non-hydrogen) atoms. The standard InChI is InChI=1S/C48H64FN9O6/c1-8-19-56(46(60)42(27(4)5)55-48(61)63-7)25-39-51-23-34(53-39)29-14-18-36-33(21-29)40(49)43-32-17-13-30(22-38(32)64-47(58(36)43)28-11-15-31(62-6)16-12-28)35-24-52-44(54-35)37-10-9-20-57(37)45(59)41(50)26(2)3/h13-14,17-18,21-24,26-28,31,37,41-42,47-48,55,61H,8-12,15-16,19-20,25,50H2,1-7H3,(H,51,53)(H,52,54). The second-order valence-corrected chi connectivity index (χ2v) is 18.4. The molecule has 5 unspecified atom stereocenters. The molecule has 5 aromatic rings. The van der Waals surface area contributed by atoms with Gasteiger partial charge in [0, 0.05) is 55.3 Å². The summed E-state index contributed by atoms with van der Waals surface area (Å²) in [7, 11) is 3.13. The molecular weight excluding hydrogens is 818 g/mol. The predicted octanol–water partition coefficient (Wildman–Crippen LogP) is 7.25. The van der Waals surface area contributed by atoms with Crippen LogP contribution in [0, 0.1) is 23.6 Å². The van der Waals surface area contributed by atoms with Gasteiger partial charge in [-0.1, -0.05) is 46.8 Å². The number of hydrogen-bond acceptors (Lipinski definition) is 10. The molecule has 3 aromatic heterocycles. The topological polar surface area (TPSA) is 189 Å². The molecule has 344 valence electrons. The summed E-state index contributed by atoms with van der Waals surface area (Å²) >= 11 is 0. The second-order valence-electron chi connectivity index (χ2n) is 18.4. The maximum Gasteiger partial charge on any atom is 0.240 e. The van der Waals surface area contributed by atoms with Gasteiger partial charge in [-0.05, 0) is 81.0 Å². The van der Waals surface area contributed by atoms with Crippen molar-refractivity contribution >= 4 is 22.7 Å². The van der Waals surface area contributed by atoms with E-state index < -0.39 is 24.7 Å². The van der Waals surface area contributed by atoms with Gasteiger partial charge in [-0.2, -0.15) is 0 Å². The number of nitrogens with one attached hydrogen (secondary N) is 3. The summed E-state index contributed by atoms with van der Waals surface area (Å²) in [5, 5.41) is 13.4. The molecule has 16 heteroatoms. The first-order chi connectivity index (χ1) is 30.8. The Morgan fingerprint density at radius 1 is 1.00 bits per heavy atom. The van der Waals surface area contributed by atoms with Crippen molar-refractivity contribution in [3.05, 3.63) is 66.3 Å². The van der Waals surface area contributed by atoms with Gasteiger partial charge in [0.15, 0.2) is 12.0 Å². The quantitative estimate of drug-likeness (QED) is 0.0632. The monoisotopic (exact) mass is 881 g/mol. The molecule has 6 N–H and O–H groups in total. The summed E-state index contributed by atoms with van der Waals surface area (Å²) in [6, 6.07) is 10.2. The molecule has 5 atom stereocenters. The van der Waals surface area contributed by atoms with Crippen molar-refractivity contribution in [1.29, 1.82) is 0 Å². The van der Waals surface area contributed by atoms with Gasteiger partial charge in [0.1, 0.15) is 17.4 Å². The Hall–Kier alpha value is -5.13. The molecule has 0 bridgehead atoms. The van der Waals surface area contributed by atoms with Crippen molar-refractivity contribution in [3.8, 4) is 39.5 Å². The lowest BCUT2D eigenvalue weighted by molar-refractivity contribution is -0.144. The van der Waals surface area contributed by atoms with Crippen LogP contribution >= 0.6 is 0 Å². The number of rotatable bonds is 16. The van der Waals surface area contributed by atoms with Crippen LogP contribution < -0.4 is 15.8 Å². The molecule has 0 radical (unpaired) electrons. The fourth-order valence-corrected chi connectivity index (χ4v) is 9.76. The Morgan fingerprint density at radius 2 is 1.72 bits per heavy atom. The van der Waals surface area contributed by atoms with E-state index in [4.69, 9.17) is 24.9 Å². The van der Waals surface area contributed by atoms with Gasteiger partial charge >= 0.3 is 0 Å². The van der Waals surface area contributed by atoms with E-state index >= 15 is 4.39 Å². The number of benzene rings is 2. The molecule has 5 heterocycles. The normalized spacial score (nSPS) is 21.2. The van der Waals surface area contributed by atoms with Crippen LogP contribution in [0.3, 0.4) is 0 Å². The minimum absolute atomic E-state index is 0.0304. The number of likely N-dealkylation sites (tertiary alicyclic amines) is 1. The van der Waals surface area contributed by atoms with Crippen LogP contribution in [0.5, 0.6) is 5.75 Å². The van der Waals surface area contributed by atoms with Crippen LogP contribution in [0.1, 0.15) is 103 Å². The van der Waals surface area contributed by atoms with Gasteiger partial charge in [-0.25, -0.2) is 14.4 Å². The Morgan fingerprint density at radius 3 is 2.42 bits per heavy atom. The average molecular weight is 882 g/mol. The first kappa shape index (κ1) is 45.4. The van der Waals surface area contributed by atoms with Crippen molar-refractivity contribution in [2.24, 2.45) is 23.5 Å². The summed E-state index contributed by atoms with van der Waals surface area (Å²) in [6.07, 6.45) is 7.89. The number of halogens is 1. The highest BCUT2D eigenvalue weighted by atomic mass is 19.1. The highest BCUT2D eigenvalue weighted by molar-refractivity contribution is 5.93. The minimum Gasteiger partial charge on any atom is -0.469 e. The molecule has 1 saturated heterocycles. The fraction of sp³-hybridized carbons (Fsp3) is 0.542. The smallest absolute Gasteiger partial charge is 0.240 e. The van der Waals surface area contributed by atoms with E-state index in [0.717, 1.165) is 73.1 Å². The number of aromatic nitrogens is 5. The summed E-state index contributed by atoms with van der Waals surface area (Å²) in [6.45, 7) is 11.1. The van der Waals surface area contributed by atoms with Gasteiger partial charge in [-0.15, -0.1) is 0 Å². The number of nitrogens with two attached hydrogens (primary N) is 1. The number of imidazole rings is 2. The third kappa shape index (κ3) is 8.82. The second kappa shape index (κ2) is 19.1. The first-order valence-electron chi connectivity index (χ1n) is 22.9. The largest absolute Gasteiger partial charge is 0.469 e. The Labute approximate surface area is 374 Å². The number of hydrogen-bond donors (Lipinski definition) is 5. The maximum atomic E-state index is 17.3. The third-order valence-electron chi connectivity index (χ3n) is 13.5. The Balaban J connectivity index is 1.11. The van der Waals surface area contributed by atoms with Gasteiger partial charge in [-0.3, -0.25) is 14.9 Å². The summed E-state index contributed by atoms with van der Waals surface area (Å²) in [5.74, 6) is 1.39. The van der Waals surface area contributed by atoms with Crippen LogP contribution in [-0.4, -0.2) is 103 Å². The lowest BCUT2D eigenvalue weighted by atomic mass is 9.85. The molecule has 2 aromatic carbocycles. The van der Waals surface area contributed by atoms with Crippen LogP contribution in [0.2, 0.25) is 0 Å². The van der Waals surface area contributed by atoms with Crippen molar-refractivity contribution in [2.45, 2.75) is 123 Å². The van der Waals surface area contributed by atoms with Crippen molar-refractivity contribution in [3.63, 3.8) is 0 Å². The lowest BCUT2D eigenvalue weighted by Gasteiger charge is -2.38. The number of carbonyl (C=O) groups is 2. The molecule has 15 nitrogen and oxygen atoms in total. The summed E-state index contributed by atoms with van der Waals surface area (Å²) in [5.41, 5.74) is 11.2. The molecule has 1 aliphatic carbocycles. The van der Waals surface area contributed by atoms with Crippen LogP contribution in [0.25, 0.3) is 44.7 Å². The number of carbonyl (C=O) groups excluding carboxylic acids is 2. The molecule has 0 spiro atoms. The molecule has 8 rings (SSSR count). The number of nitrogens with zero attached hydrogens (tertiary/aromatic N) is 5. The maximum absolute atomic E-state index is 17.3. The van der Waals surface area contributed by atoms with E-state index in [9.17, 15) is 14.7 Å². The zero-order valence-corrected chi connectivity index (χ0v) is 38.1. The number of aliphatic hydroxyl groups is 1. The molecule has 2 aliphatic heterocycles. The zero-order valence-electron chi connectivity index (χ0n) is 38.1. The van der Waals surface area contributed by atoms with Crippen LogP contribution in [0.4, 0.5) is 4.39 Å². The molecule has 2 amide bonds. The lowest BCUT2D eigenvalue weighted by Crippen LogP contribution is -2.53. The van der Waals surface area contributed by atoms with Crippen LogP contribution in [-0.2, 0) is 25.6 Å². The summed E-state index contributed by atoms with van der Waals surface area (Å²) < 4.78 is 37.0.